The van der Waals surface area contributed by atoms with Crippen LogP contribution in [0.5, 0.6) is 0 Å². The second kappa shape index (κ2) is 6.00. The summed E-state index contributed by atoms with van der Waals surface area (Å²) in [4.78, 5) is 26.9. The van der Waals surface area contributed by atoms with Crippen molar-refractivity contribution in [3.8, 4) is 0 Å². The highest BCUT2D eigenvalue weighted by Gasteiger charge is 2.33. The Morgan fingerprint density at radius 2 is 2.06 bits per heavy atom. The van der Waals surface area contributed by atoms with Crippen LogP contribution >= 0.6 is 0 Å². The number of hydrogen-bond donors (Lipinski definition) is 0. The maximum Gasteiger partial charge on any atom is 0.320 e. The minimum atomic E-state index is -0.251. The van der Waals surface area contributed by atoms with E-state index in [2.05, 4.69) is 0 Å². The molecule has 5 nitrogen and oxygen atoms in total. The first-order valence-corrected chi connectivity index (χ1v) is 6.06. The first-order chi connectivity index (χ1) is 7.91. The van der Waals surface area contributed by atoms with E-state index in [4.69, 9.17) is 4.74 Å². The predicted octanol–water partition coefficient (Wildman–Crippen LogP) is 0.491. The molecule has 1 atom stereocenters. The van der Waals surface area contributed by atoms with Gasteiger partial charge in [-0.2, -0.15) is 0 Å². The molecule has 1 aliphatic heterocycles. The van der Waals surface area contributed by atoms with Gasteiger partial charge < -0.3 is 9.64 Å². The van der Waals surface area contributed by atoms with Gasteiger partial charge >= 0.3 is 5.97 Å². The van der Waals surface area contributed by atoms with Gasteiger partial charge in [0.25, 0.3) is 0 Å². The lowest BCUT2D eigenvalue weighted by molar-refractivity contribution is -0.149. The zero-order valence-electron chi connectivity index (χ0n) is 11.1. The van der Waals surface area contributed by atoms with Crippen molar-refractivity contribution >= 4 is 11.9 Å². The summed E-state index contributed by atoms with van der Waals surface area (Å²) in [5.74, 6) is -0.182. The van der Waals surface area contributed by atoms with Crippen molar-refractivity contribution in [2.75, 3.05) is 27.2 Å². The molecule has 0 N–H and O–H groups in total. The number of likely N-dealkylation sites (tertiary alicyclic amines) is 1. The molecule has 1 unspecified atom stereocenters. The first-order valence-electron chi connectivity index (χ1n) is 6.06. The maximum atomic E-state index is 11.9. The lowest BCUT2D eigenvalue weighted by atomic mass is 10.2. The van der Waals surface area contributed by atoms with Gasteiger partial charge in [0, 0.05) is 14.1 Å². The summed E-state index contributed by atoms with van der Waals surface area (Å²) in [5.41, 5.74) is 0. The molecule has 1 fully saturated rings. The van der Waals surface area contributed by atoms with E-state index < -0.39 is 0 Å². The average molecular weight is 242 g/mol. The number of likely N-dealkylation sites (N-methyl/N-ethyl adjacent to an activating group) is 1. The molecule has 0 bridgehead atoms. The number of esters is 1. The molecule has 5 heteroatoms. The van der Waals surface area contributed by atoms with Gasteiger partial charge in [0.2, 0.25) is 5.91 Å². The second-order valence-electron chi connectivity index (χ2n) is 4.90. The normalized spacial score (nSPS) is 20.6. The topological polar surface area (TPSA) is 49.9 Å². The van der Waals surface area contributed by atoms with Gasteiger partial charge in [-0.1, -0.05) is 0 Å². The number of carbonyl (C=O) groups excluding carboxylic acids is 2. The van der Waals surface area contributed by atoms with E-state index >= 15 is 0 Å². The Bertz CT molecular complexity index is 289. The first kappa shape index (κ1) is 14.0. The van der Waals surface area contributed by atoms with Gasteiger partial charge in [0.1, 0.15) is 0 Å². The summed E-state index contributed by atoms with van der Waals surface area (Å²) >= 11 is 0. The Balaban J connectivity index is 2.52. The number of carbonyl (C=O) groups is 2. The van der Waals surface area contributed by atoms with E-state index in [0.29, 0.717) is 0 Å². The Hall–Kier alpha value is -1.10. The number of ether oxygens (including phenoxy) is 1. The average Bonchev–Trinajstić information content (AvgIpc) is 2.62. The zero-order valence-corrected chi connectivity index (χ0v) is 11.1. The molecule has 1 amide bonds. The van der Waals surface area contributed by atoms with Crippen molar-refractivity contribution in [1.82, 2.24) is 9.80 Å². The Kier molecular flexibility index (Phi) is 4.93. The molecule has 0 spiro atoms. The molecular weight excluding hydrogens is 220 g/mol. The van der Waals surface area contributed by atoms with Crippen molar-refractivity contribution < 1.29 is 14.3 Å². The maximum absolute atomic E-state index is 11.9. The molecule has 1 rings (SSSR count). The summed E-state index contributed by atoms with van der Waals surface area (Å²) in [6.45, 7) is 4.65. The third-order valence-corrected chi connectivity index (χ3v) is 2.79. The summed E-state index contributed by atoms with van der Waals surface area (Å²) in [6, 6.07) is -0.162. The van der Waals surface area contributed by atoms with Crippen molar-refractivity contribution in [2.24, 2.45) is 0 Å². The van der Waals surface area contributed by atoms with Crippen molar-refractivity contribution in [3.63, 3.8) is 0 Å². The molecule has 0 aromatic carbocycles. The van der Waals surface area contributed by atoms with Gasteiger partial charge in [-0.3, -0.25) is 14.5 Å². The van der Waals surface area contributed by atoms with Crippen LogP contribution in [0.2, 0.25) is 0 Å². The Labute approximate surface area is 103 Å². The van der Waals surface area contributed by atoms with E-state index in [1.165, 1.54) is 0 Å². The highest BCUT2D eigenvalue weighted by atomic mass is 16.5. The van der Waals surface area contributed by atoms with Crippen molar-refractivity contribution in [2.45, 2.75) is 38.8 Å². The van der Waals surface area contributed by atoms with Crippen LogP contribution in [0.15, 0.2) is 0 Å². The van der Waals surface area contributed by atoms with Gasteiger partial charge in [-0.15, -0.1) is 0 Å². The molecule has 1 heterocycles. The summed E-state index contributed by atoms with van der Waals surface area (Å²) < 4.78 is 5.10. The number of hydrogen-bond acceptors (Lipinski definition) is 4. The van der Waals surface area contributed by atoms with Gasteiger partial charge in [-0.05, 0) is 33.2 Å². The fraction of sp³-hybridized carbons (Fsp3) is 0.833. The van der Waals surface area contributed by atoms with Crippen molar-refractivity contribution in [1.29, 1.82) is 0 Å². The molecule has 0 aromatic rings. The third kappa shape index (κ3) is 4.00. The monoisotopic (exact) mass is 242 g/mol. The summed E-state index contributed by atoms with van der Waals surface area (Å²) in [5, 5.41) is 0. The number of amides is 1. The van der Waals surface area contributed by atoms with Crippen LogP contribution in [0.3, 0.4) is 0 Å². The number of rotatable bonds is 4. The standard InChI is InChI=1S/C12H22N2O3/c1-9(2)17-11(15)8-14-7-5-6-10(14)12(16)13(3)4/h9-10H,5-8H2,1-4H3. The van der Waals surface area contributed by atoms with Crippen LogP contribution in [0.4, 0.5) is 0 Å². The molecule has 0 saturated carbocycles. The number of nitrogens with zero attached hydrogens (tertiary/aromatic N) is 2. The largest absolute Gasteiger partial charge is 0.462 e. The molecule has 0 aliphatic carbocycles. The van der Waals surface area contributed by atoms with E-state index in [1.807, 2.05) is 18.7 Å². The van der Waals surface area contributed by atoms with E-state index in [-0.39, 0.29) is 30.6 Å². The predicted molar refractivity (Wildman–Crippen MR) is 64.5 cm³/mol. The lowest BCUT2D eigenvalue weighted by Crippen LogP contribution is -2.45. The second-order valence-corrected chi connectivity index (χ2v) is 4.90. The Morgan fingerprint density at radius 3 is 2.59 bits per heavy atom. The van der Waals surface area contributed by atoms with E-state index in [9.17, 15) is 9.59 Å². The molecule has 17 heavy (non-hydrogen) atoms. The quantitative estimate of drug-likeness (QED) is 0.673. The van der Waals surface area contributed by atoms with Crippen molar-refractivity contribution in [3.05, 3.63) is 0 Å². The highest BCUT2D eigenvalue weighted by molar-refractivity contribution is 5.82. The third-order valence-electron chi connectivity index (χ3n) is 2.79. The fourth-order valence-electron chi connectivity index (χ4n) is 2.06. The minimum absolute atomic E-state index is 0.0693. The smallest absolute Gasteiger partial charge is 0.320 e. The summed E-state index contributed by atoms with van der Waals surface area (Å²) in [6.07, 6.45) is 1.68. The highest BCUT2D eigenvalue weighted by Crippen LogP contribution is 2.18. The zero-order chi connectivity index (χ0) is 13.0. The molecule has 1 aliphatic rings. The van der Waals surface area contributed by atoms with Crippen LogP contribution in [-0.4, -0.2) is 61.0 Å². The minimum Gasteiger partial charge on any atom is -0.462 e. The van der Waals surface area contributed by atoms with E-state index in [0.717, 1.165) is 19.4 Å². The van der Waals surface area contributed by atoms with Gasteiger partial charge in [-0.25, -0.2) is 0 Å². The molecule has 98 valence electrons. The van der Waals surface area contributed by atoms with Crippen LogP contribution in [0.1, 0.15) is 26.7 Å². The van der Waals surface area contributed by atoms with Gasteiger partial charge in [0.15, 0.2) is 0 Å². The fourth-order valence-corrected chi connectivity index (χ4v) is 2.06. The van der Waals surface area contributed by atoms with Crippen LogP contribution < -0.4 is 0 Å². The Morgan fingerprint density at radius 1 is 1.41 bits per heavy atom. The van der Waals surface area contributed by atoms with Crippen LogP contribution in [-0.2, 0) is 14.3 Å². The van der Waals surface area contributed by atoms with Crippen LogP contribution in [0.25, 0.3) is 0 Å². The lowest BCUT2D eigenvalue weighted by Gasteiger charge is -2.25. The summed E-state index contributed by atoms with van der Waals surface area (Å²) in [7, 11) is 3.48. The van der Waals surface area contributed by atoms with Gasteiger partial charge in [0.05, 0.1) is 18.7 Å². The van der Waals surface area contributed by atoms with Crippen LogP contribution in [0, 0.1) is 0 Å². The molecule has 0 radical (unpaired) electrons. The molecular formula is C12H22N2O3. The van der Waals surface area contributed by atoms with E-state index in [1.54, 1.807) is 19.0 Å². The molecule has 1 saturated heterocycles. The molecule has 0 aromatic heterocycles. The SMILES string of the molecule is CC(C)OC(=O)CN1CCCC1C(=O)N(C)C.